The van der Waals surface area contributed by atoms with Crippen molar-refractivity contribution in [2.24, 2.45) is 35.0 Å². The normalized spacial score (nSPS) is 31.2. The molecular weight excluding hydrogens is 404 g/mol. The lowest BCUT2D eigenvalue weighted by molar-refractivity contribution is -0.146. The summed E-state index contributed by atoms with van der Waals surface area (Å²) in [7, 11) is 0. The summed E-state index contributed by atoms with van der Waals surface area (Å²) in [5, 5.41) is 2.93. The summed E-state index contributed by atoms with van der Waals surface area (Å²) in [6.07, 6.45) is 9.55. The number of amides is 2. The minimum Gasteiger partial charge on any atom is -0.344 e. The molecule has 6 heteroatoms. The lowest BCUT2D eigenvalue weighted by Crippen LogP contribution is -2.55. The molecule has 178 valence electrons. The van der Waals surface area contributed by atoms with Crippen molar-refractivity contribution in [3.05, 3.63) is 0 Å². The number of ketones is 2. The fourth-order valence-electron chi connectivity index (χ4n) is 6.71. The van der Waals surface area contributed by atoms with E-state index in [1.807, 2.05) is 11.8 Å². The highest BCUT2D eigenvalue weighted by molar-refractivity contribution is 6.38. The molecule has 0 radical (unpaired) electrons. The lowest BCUT2D eigenvalue weighted by atomic mass is 9.79. The number of rotatable bonds is 8. The zero-order chi connectivity index (χ0) is 23.2. The number of hydrogen-bond acceptors (Lipinski definition) is 4. The standard InChI is InChI=1S/C26H40N2O4/c1-15(18-11-6-5-7-12-18)25(32)28-14-19-21(26(19,3)4)22(28)24(31)27-20(23(30)16(2)29)13-17-9-8-10-17/h15,17-22H,5-14H2,1-4H3,(H,27,31)/t15-,19-,20?,21-,22-/m0/s1. The Bertz CT molecular complexity index is 781. The Morgan fingerprint density at radius 1 is 1.00 bits per heavy atom. The number of Topliss-reactive ketones (excluding diaryl/α,β-unsaturated/α-hetero) is 2. The number of nitrogens with one attached hydrogen (secondary N) is 1. The van der Waals surface area contributed by atoms with Crippen molar-refractivity contribution in [2.75, 3.05) is 6.54 Å². The monoisotopic (exact) mass is 444 g/mol. The average molecular weight is 445 g/mol. The van der Waals surface area contributed by atoms with Crippen LogP contribution in [-0.4, -0.2) is 46.9 Å². The Labute approximate surface area is 192 Å². The van der Waals surface area contributed by atoms with Crippen molar-refractivity contribution in [3.63, 3.8) is 0 Å². The first-order chi connectivity index (χ1) is 15.1. The van der Waals surface area contributed by atoms with Crippen molar-refractivity contribution in [1.29, 1.82) is 0 Å². The summed E-state index contributed by atoms with van der Waals surface area (Å²) < 4.78 is 0. The van der Waals surface area contributed by atoms with E-state index in [4.69, 9.17) is 0 Å². The zero-order valence-electron chi connectivity index (χ0n) is 20.2. The summed E-state index contributed by atoms with van der Waals surface area (Å²) in [4.78, 5) is 53.3. The molecule has 0 aromatic carbocycles. The molecule has 1 unspecified atom stereocenters. The van der Waals surface area contributed by atoms with Gasteiger partial charge in [-0.2, -0.15) is 0 Å². The summed E-state index contributed by atoms with van der Waals surface area (Å²) in [5.74, 6) is -0.00334. The van der Waals surface area contributed by atoms with Gasteiger partial charge >= 0.3 is 0 Å². The maximum absolute atomic E-state index is 13.5. The minimum atomic E-state index is -0.765. The molecule has 5 atom stereocenters. The fourth-order valence-corrected chi connectivity index (χ4v) is 6.71. The second-order valence-corrected chi connectivity index (χ2v) is 11.6. The van der Waals surface area contributed by atoms with Gasteiger partial charge in [-0.05, 0) is 48.3 Å². The van der Waals surface area contributed by atoms with Crippen molar-refractivity contribution in [2.45, 2.75) is 97.6 Å². The van der Waals surface area contributed by atoms with Crippen LogP contribution in [0.5, 0.6) is 0 Å². The largest absolute Gasteiger partial charge is 0.344 e. The molecule has 3 saturated carbocycles. The zero-order valence-corrected chi connectivity index (χ0v) is 20.2. The average Bonchev–Trinajstić information content (AvgIpc) is 3.08. The van der Waals surface area contributed by atoms with Gasteiger partial charge < -0.3 is 10.2 Å². The van der Waals surface area contributed by atoms with Crippen LogP contribution in [-0.2, 0) is 19.2 Å². The van der Waals surface area contributed by atoms with Crippen LogP contribution in [0.15, 0.2) is 0 Å². The third-order valence-electron chi connectivity index (χ3n) is 9.28. The number of carbonyl (C=O) groups excluding carboxylic acids is 4. The molecule has 6 nitrogen and oxygen atoms in total. The Hall–Kier alpha value is -1.72. The molecular formula is C26H40N2O4. The first-order valence-corrected chi connectivity index (χ1v) is 12.8. The third kappa shape index (κ3) is 4.26. The molecule has 1 heterocycles. The van der Waals surface area contributed by atoms with Gasteiger partial charge in [0.05, 0.1) is 6.04 Å². The summed E-state index contributed by atoms with van der Waals surface area (Å²) in [6.45, 7) is 8.27. The van der Waals surface area contributed by atoms with Crippen LogP contribution in [0.1, 0.15) is 85.5 Å². The van der Waals surface area contributed by atoms with Gasteiger partial charge in [-0.1, -0.05) is 59.3 Å². The van der Waals surface area contributed by atoms with Crippen LogP contribution in [0.2, 0.25) is 0 Å². The number of nitrogens with zero attached hydrogens (tertiary/aromatic N) is 1. The molecule has 1 saturated heterocycles. The highest BCUT2D eigenvalue weighted by atomic mass is 16.2. The number of piperidine rings is 1. The Morgan fingerprint density at radius 2 is 1.66 bits per heavy atom. The molecule has 1 N–H and O–H groups in total. The highest BCUT2D eigenvalue weighted by Crippen LogP contribution is 2.65. The second-order valence-electron chi connectivity index (χ2n) is 11.6. The minimum absolute atomic E-state index is 0.0287. The molecule has 1 aliphatic heterocycles. The van der Waals surface area contributed by atoms with Gasteiger partial charge in [0.15, 0.2) is 5.78 Å². The first kappa shape index (κ1) is 23.4. The summed E-state index contributed by atoms with van der Waals surface area (Å²) in [5.41, 5.74) is 0.0287. The summed E-state index contributed by atoms with van der Waals surface area (Å²) in [6, 6.07) is -1.30. The van der Waals surface area contributed by atoms with E-state index in [0.717, 1.165) is 32.1 Å². The Balaban J connectivity index is 1.49. The Morgan fingerprint density at radius 3 is 2.22 bits per heavy atom. The van der Waals surface area contributed by atoms with Gasteiger partial charge in [-0.25, -0.2) is 0 Å². The van der Waals surface area contributed by atoms with Crippen molar-refractivity contribution >= 4 is 23.4 Å². The van der Waals surface area contributed by atoms with Gasteiger partial charge in [0.1, 0.15) is 6.04 Å². The topological polar surface area (TPSA) is 83.6 Å². The second kappa shape index (κ2) is 8.90. The smallest absolute Gasteiger partial charge is 0.243 e. The van der Waals surface area contributed by atoms with E-state index in [1.165, 1.54) is 26.2 Å². The lowest BCUT2D eigenvalue weighted by Gasteiger charge is -2.36. The van der Waals surface area contributed by atoms with Gasteiger partial charge in [0, 0.05) is 19.4 Å². The molecule has 0 aromatic heterocycles. The van der Waals surface area contributed by atoms with Gasteiger partial charge in [0.2, 0.25) is 17.6 Å². The predicted molar refractivity (Wildman–Crippen MR) is 122 cm³/mol. The highest BCUT2D eigenvalue weighted by Gasteiger charge is 2.69. The predicted octanol–water partition coefficient (Wildman–Crippen LogP) is 3.52. The van der Waals surface area contributed by atoms with Crippen molar-refractivity contribution < 1.29 is 19.2 Å². The van der Waals surface area contributed by atoms with E-state index in [2.05, 4.69) is 19.2 Å². The van der Waals surface area contributed by atoms with Gasteiger partial charge in [-0.15, -0.1) is 0 Å². The van der Waals surface area contributed by atoms with Crippen LogP contribution < -0.4 is 5.32 Å². The maximum atomic E-state index is 13.5. The van der Waals surface area contributed by atoms with Crippen molar-refractivity contribution in [1.82, 2.24) is 10.2 Å². The van der Waals surface area contributed by atoms with E-state index < -0.39 is 23.7 Å². The van der Waals surface area contributed by atoms with E-state index in [9.17, 15) is 19.2 Å². The van der Waals surface area contributed by atoms with Crippen LogP contribution in [0.4, 0.5) is 0 Å². The van der Waals surface area contributed by atoms with E-state index in [-0.39, 0.29) is 29.1 Å². The third-order valence-corrected chi connectivity index (χ3v) is 9.28. The van der Waals surface area contributed by atoms with Gasteiger partial charge in [-0.3, -0.25) is 19.2 Å². The van der Waals surface area contributed by atoms with E-state index in [0.29, 0.717) is 30.7 Å². The van der Waals surface area contributed by atoms with E-state index >= 15 is 0 Å². The molecule has 4 fully saturated rings. The van der Waals surface area contributed by atoms with Crippen molar-refractivity contribution in [3.8, 4) is 0 Å². The van der Waals surface area contributed by atoms with Crippen LogP contribution in [0.25, 0.3) is 0 Å². The molecule has 3 aliphatic carbocycles. The quantitative estimate of drug-likeness (QED) is 0.581. The maximum Gasteiger partial charge on any atom is 0.243 e. The van der Waals surface area contributed by atoms with Gasteiger partial charge in [0.25, 0.3) is 0 Å². The number of hydrogen-bond donors (Lipinski definition) is 1. The van der Waals surface area contributed by atoms with Crippen LogP contribution in [0, 0.1) is 35.0 Å². The van der Waals surface area contributed by atoms with Crippen LogP contribution in [0.3, 0.4) is 0 Å². The molecule has 2 amide bonds. The number of carbonyl (C=O) groups is 4. The summed E-state index contributed by atoms with van der Waals surface area (Å²) >= 11 is 0. The fraction of sp³-hybridized carbons (Fsp3) is 0.846. The number of fused-ring (bicyclic) bond motifs is 1. The Kier molecular flexibility index (Phi) is 6.52. The van der Waals surface area contributed by atoms with Crippen LogP contribution >= 0.6 is 0 Å². The molecule has 0 bridgehead atoms. The van der Waals surface area contributed by atoms with E-state index in [1.54, 1.807) is 0 Å². The SMILES string of the molecule is CC(=O)C(=O)C(CC1CCC1)NC(=O)[C@@H]1[C@@H]2[C@H](CN1C(=O)[C@@H](C)C1CCCCC1)C2(C)C. The molecule has 0 spiro atoms. The molecule has 4 rings (SSSR count). The molecule has 32 heavy (non-hydrogen) atoms. The molecule has 4 aliphatic rings. The molecule has 0 aromatic rings. The first-order valence-electron chi connectivity index (χ1n) is 12.8. The number of likely N-dealkylation sites (tertiary alicyclic amines) is 1.